The van der Waals surface area contributed by atoms with Gasteiger partial charge < -0.3 is 0 Å². The van der Waals surface area contributed by atoms with Crippen LogP contribution >= 0.6 is 0 Å². The van der Waals surface area contributed by atoms with E-state index in [4.69, 9.17) is 0 Å². The van der Waals surface area contributed by atoms with Crippen LogP contribution in [0.4, 0.5) is 39.5 Å². The van der Waals surface area contributed by atoms with E-state index in [0.29, 0.717) is 0 Å². The Morgan fingerprint density at radius 3 is 1.65 bits per heavy atom. The summed E-state index contributed by atoms with van der Waals surface area (Å²) in [5.74, 6) is -14.0. The molecular weight excluding hydrogens is 307 g/mol. The number of nitrogens with zero attached hydrogens (tertiary/aromatic N) is 2. The molecule has 1 rings (SSSR count). The lowest BCUT2D eigenvalue weighted by Crippen LogP contribution is -2.66. The summed E-state index contributed by atoms with van der Waals surface area (Å²) in [6, 6.07) is -5.68. The molecular formula is C9H10F9N2+. The SMILES string of the molecule is CC1=[N+](C)CCN1C(F)(F)C(F)(F)C(F)(F)C(F)(F)F. The second-order valence-electron chi connectivity index (χ2n) is 4.31. The molecule has 0 aliphatic carbocycles. The fraction of sp³-hybridized carbons (Fsp3) is 0.889. The maximum absolute atomic E-state index is 13.5. The van der Waals surface area contributed by atoms with E-state index in [0.717, 1.165) is 11.5 Å². The van der Waals surface area contributed by atoms with Crippen molar-refractivity contribution in [2.75, 3.05) is 20.1 Å². The van der Waals surface area contributed by atoms with Gasteiger partial charge in [-0.1, -0.05) is 0 Å². The summed E-state index contributed by atoms with van der Waals surface area (Å²) in [6.45, 7) is -0.0727. The van der Waals surface area contributed by atoms with Gasteiger partial charge >= 0.3 is 24.1 Å². The molecule has 0 aromatic rings. The highest BCUT2D eigenvalue weighted by Gasteiger charge is 2.85. The van der Waals surface area contributed by atoms with E-state index < -0.39 is 41.3 Å². The molecule has 0 atom stereocenters. The molecule has 1 aliphatic heterocycles. The largest absolute Gasteiger partial charge is 0.465 e. The van der Waals surface area contributed by atoms with Crippen molar-refractivity contribution in [2.24, 2.45) is 0 Å². The smallest absolute Gasteiger partial charge is 0.264 e. The zero-order chi connectivity index (χ0) is 16.1. The Morgan fingerprint density at radius 1 is 0.900 bits per heavy atom. The predicted octanol–water partition coefficient (Wildman–Crippen LogP) is 2.79. The van der Waals surface area contributed by atoms with Crippen molar-refractivity contribution in [2.45, 2.75) is 31.0 Å². The Kier molecular flexibility index (Phi) is 3.73. The Hall–Kier alpha value is -1.16. The van der Waals surface area contributed by atoms with Crippen LogP contribution in [0.3, 0.4) is 0 Å². The molecule has 0 N–H and O–H groups in total. The van der Waals surface area contributed by atoms with Gasteiger partial charge in [-0.15, -0.1) is 0 Å². The first-order valence-corrected chi connectivity index (χ1v) is 5.20. The highest BCUT2D eigenvalue weighted by atomic mass is 19.4. The van der Waals surface area contributed by atoms with Crippen LogP contribution in [0.5, 0.6) is 0 Å². The van der Waals surface area contributed by atoms with Crippen molar-refractivity contribution in [1.82, 2.24) is 4.90 Å². The molecule has 1 heterocycles. The molecule has 0 aromatic heterocycles. The van der Waals surface area contributed by atoms with Crippen LogP contribution < -0.4 is 0 Å². The number of hydrogen-bond donors (Lipinski definition) is 0. The third kappa shape index (κ3) is 2.10. The Balaban J connectivity index is 3.27. The lowest BCUT2D eigenvalue weighted by Gasteiger charge is -2.34. The highest BCUT2D eigenvalue weighted by molar-refractivity contribution is 5.76. The molecule has 20 heavy (non-hydrogen) atoms. The maximum atomic E-state index is 13.5. The summed E-state index contributed by atoms with van der Waals surface area (Å²) in [6.07, 6.45) is -6.79. The van der Waals surface area contributed by atoms with Crippen LogP contribution in [0.2, 0.25) is 0 Å². The first kappa shape index (κ1) is 16.9. The van der Waals surface area contributed by atoms with Gasteiger partial charge in [-0.05, 0) is 0 Å². The van der Waals surface area contributed by atoms with Crippen molar-refractivity contribution < 1.29 is 44.1 Å². The van der Waals surface area contributed by atoms with E-state index in [1.807, 2.05) is 0 Å². The highest BCUT2D eigenvalue weighted by Crippen LogP contribution is 2.54. The number of hydrogen-bond acceptors (Lipinski definition) is 1. The molecule has 0 saturated heterocycles. The van der Waals surface area contributed by atoms with E-state index in [1.165, 1.54) is 7.05 Å². The Morgan fingerprint density at radius 2 is 1.35 bits per heavy atom. The second-order valence-corrected chi connectivity index (χ2v) is 4.31. The van der Waals surface area contributed by atoms with Crippen LogP contribution in [0.25, 0.3) is 0 Å². The standard InChI is InChI=1S/C9H10F9N2/c1-5-19(2)3-4-20(5)9(17,18)7(12,13)6(10,11)8(14,15)16/h3-4H2,1-2H3/q+1. The predicted molar refractivity (Wildman–Crippen MR) is 49.3 cm³/mol. The summed E-state index contributed by atoms with van der Waals surface area (Å²) in [7, 11) is 1.21. The summed E-state index contributed by atoms with van der Waals surface area (Å²) >= 11 is 0. The van der Waals surface area contributed by atoms with Crippen LogP contribution in [0.15, 0.2) is 0 Å². The lowest BCUT2D eigenvalue weighted by atomic mass is 10.1. The quantitative estimate of drug-likeness (QED) is 0.441. The first-order valence-electron chi connectivity index (χ1n) is 5.20. The summed E-state index contributed by atoms with van der Waals surface area (Å²) in [4.78, 5) is -0.452. The lowest BCUT2D eigenvalue weighted by molar-refractivity contribution is -0.487. The zero-order valence-corrected chi connectivity index (χ0v) is 10.2. The van der Waals surface area contributed by atoms with Crippen LogP contribution in [-0.4, -0.2) is 59.5 Å². The molecule has 0 aromatic carbocycles. The zero-order valence-electron chi connectivity index (χ0n) is 10.2. The minimum Gasteiger partial charge on any atom is -0.264 e. The second kappa shape index (κ2) is 4.42. The van der Waals surface area contributed by atoms with Gasteiger partial charge in [0.05, 0.1) is 7.05 Å². The molecule has 0 spiro atoms. The molecule has 2 nitrogen and oxygen atoms in total. The number of amidine groups is 1. The van der Waals surface area contributed by atoms with E-state index in [2.05, 4.69) is 0 Å². The molecule has 11 heteroatoms. The summed E-state index contributed by atoms with van der Waals surface area (Å²) in [5.41, 5.74) is 0. The van der Waals surface area contributed by atoms with Gasteiger partial charge in [0, 0.05) is 6.92 Å². The van der Waals surface area contributed by atoms with Crippen molar-refractivity contribution in [3.63, 3.8) is 0 Å². The Labute approximate surface area is 107 Å². The van der Waals surface area contributed by atoms with Gasteiger partial charge in [0.1, 0.15) is 13.1 Å². The average molecular weight is 317 g/mol. The molecule has 0 amide bonds. The van der Waals surface area contributed by atoms with Crippen molar-refractivity contribution in [1.29, 1.82) is 0 Å². The van der Waals surface area contributed by atoms with Crippen LogP contribution in [-0.2, 0) is 0 Å². The third-order valence-corrected chi connectivity index (χ3v) is 3.07. The number of halogens is 9. The van der Waals surface area contributed by atoms with Gasteiger partial charge in [0.15, 0.2) is 0 Å². The molecule has 1 aliphatic rings. The number of rotatable bonds is 3. The normalized spacial score (nSPS) is 19.1. The molecule has 0 bridgehead atoms. The molecule has 0 radical (unpaired) electrons. The Bertz CT molecular complexity index is 424. The molecule has 0 unspecified atom stereocenters. The van der Waals surface area contributed by atoms with E-state index in [9.17, 15) is 39.5 Å². The average Bonchev–Trinajstić information content (AvgIpc) is 2.57. The van der Waals surface area contributed by atoms with Gasteiger partial charge in [0.2, 0.25) is 5.84 Å². The van der Waals surface area contributed by atoms with Crippen molar-refractivity contribution >= 4 is 5.84 Å². The minimum absolute atomic E-state index is 0.199. The minimum atomic E-state index is -6.86. The number of likely N-dealkylation sites (N-methyl/N-ethyl adjacent to an activating group) is 1. The monoisotopic (exact) mass is 317 g/mol. The van der Waals surface area contributed by atoms with Gasteiger partial charge in [-0.2, -0.15) is 44.4 Å². The van der Waals surface area contributed by atoms with E-state index in [1.54, 1.807) is 0 Å². The van der Waals surface area contributed by atoms with E-state index >= 15 is 0 Å². The fourth-order valence-corrected chi connectivity index (χ4v) is 1.66. The van der Waals surface area contributed by atoms with Crippen molar-refractivity contribution in [3.05, 3.63) is 0 Å². The number of alkyl halides is 9. The van der Waals surface area contributed by atoms with E-state index in [-0.39, 0.29) is 6.54 Å². The van der Waals surface area contributed by atoms with Gasteiger partial charge in [-0.3, -0.25) is 4.58 Å². The van der Waals surface area contributed by atoms with Crippen LogP contribution in [0, 0.1) is 0 Å². The fourth-order valence-electron chi connectivity index (χ4n) is 1.66. The summed E-state index contributed by atoms with van der Waals surface area (Å²) < 4.78 is 115. The molecule has 118 valence electrons. The van der Waals surface area contributed by atoms with Gasteiger partial charge in [0.25, 0.3) is 0 Å². The van der Waals surface area contributed by atoms with Crippen LogP contribution in [0.1, 0.15) is 6.92 Å². The topological polar surface area (TPSA) is 6.25 Å². The maximum Gasteiger partial charge on any atom is 0.465 e. The first-order chi connectivity index (χ1) is 8.68. The molecule has 0 fully saturated rings. The summed E-state index contributed by atoms with van der Waals surface area (Å²) in [5, 5.41) is 0. The molecule has 0 saturated carbocycles. The van der Waals surface area contributed by atoms with Crippen molar-refractivity contribution in [3.8, 4) is 0 Å². The third-order valence-electron chi connectivity index (χ3n) is 3.07. The van der Waals surface area contributed by atoms with Gasteiger partial charge in [-0.25, -0.2) is 0 Å².